The van der Waals surface area contributed by atoms with E-state index in [9.17, 15) is 0 Å². The normalized spacial score (nSPS) is 40.4. The van der Waals surface area contributed by atoms with E-state index in [4.69, 9.17) is 4.74 Å². The highest BCUT2D eigenvalue weighted by atomic mass is 16.5. The number of piperidine rings is 1. The van der Waals surface area contributed by atoms with E-state index in [1.54, 1.807) is 0 Å². The highest BCUT2D eigenvalue weighted by Gasteiger charge is 2.32. The van der Waals surface area contributed by atoms with Crippen LogP contribution in [0.5, 0.6) is 0 Å². The highest BCUT2D eigenvalue weighted by molar-refractivity contribution is 4.87. The fraction of sp³-hybridized carbons (Fsp3) is 1.00. The number of nitrogens with zero attached hydrogens (tertiary/aromatic N) is 1. The van der Waals surface area contributed by atoms with E-state index in [0.29, 0.717) is 6.10 Å². The predicted octanol–water partition coefficient (Wildman–Crippen LogP) is 1.87. The third-order valence-electron chi connectivity index (χ3n) is 4.84. The first-order chi connectivity index (χ1) is 8.24. The summed E-state index contributed by atoms with van der Waals surface area (Å²) in [6.07, 6.45) is 7.14. The zero-order valence-corrected chi connectivity index (χ0v) is 11.6. The molecule has 100 valence electrons. The molecule has 3 nitrogen and oxygen atoms in total. The van der Waals surface area contributed by atoms with Crippen LogP contribution in [0, 0.1) is 5.92 Å². The van der Waals surface area contributed by atoms with Gasteiger partial charge in [-0.15, -0.1) is 0 Å². The first-order valence-electron chi connectivity index (χ1n) is 7.18. The van der Waals surface area contributed by atoms with Crippen LogP contribution in [0.1, 0.15) is 39.0 Å². The molecule has 0 amide bonds. The smallest absolute Gasteiger partial charge is 0.0724 e. The van der Waals surface area contributed by atoms with Crippen molar-refractivity contribution in [2.75, 3.05) is 27.2 Å². The molecule has 0 aromatic carbocycles. The third-order valence-corrected chi connectivity index (χ3v) is 4.84. The van der Waals surface area contributed by atoms with Crippen molar-refractivity contribution >= 4 is 0 Å². The van der Waals surface area contributed by atoms with E-state index in [1.807, 2.05) is 7.11 Å². The third kappa shape index (κ3) is 3.21. The summed E-state index contributed by atoms with van der Waals surface area (Å²) in [5.74, 6) is 0.727. The molecule has 1 heterocycles. The van der Waals surface area contributed by atoms with Gasteiger partial charge in [-0.3, -0.25) is 4.90 Å². The Bertz CT molecular complexity index is 226. The standard InChI is InChI=1S/C14H28N2O/c1-11-8-9-16(10-14(11)17-3)13-6-4-12(15-2)5-7-13/h11-15H,4-10H2,1-3H3. The Balaban J connectivity index is 1.83. The van der Waals surface area contributed by atoms with Crippen LogP contribution < -0.4 is 5.32 Å². The average Bonchev–Trinajstić information content (AvgIpc) is 2.39. The Morgan fingerprint density at radius 3 is 2.41 bits per heavy atom. The fourth-order valence-electron chi connectivity index (χ4n) is 3.43. The number of nitrogens with one attached hydrogen (secondary N) is 1. The summed E-state index contributed by atoms with van der Waals surface area (Å²) in [5.41, 5.74) is 0. The molecular weight excluding hydrogens is 212 g/mol. The molecule has 0 radical (unpaired) electrons. The Morgan fingerprint density at radius 2 is 1.82 bits per heavy atom. The van der Waals surface area contributed by atoms with E-state index < -0.39 is 0 Å². The number of methoxy groups -OCH3 is 1. The van der Waals surface area contributed by atoms with Gasteiger partial charge in [0.15, 0.2) is 0 Å². The van der Waals surface area contributed by atoms with Crippen LogP contribution in [0.4, 0.5) is 0 Å². The first kappa shape index (κ1) is 13.3. The van der Waals surface area contributed by atoms with E-state index in [-0.39, 0.29) is 0 Å². The highest BCUT2D eigenvalue weighted by Crippen LogP contribution is 2.28. The minimum Gasteiger partial charge on any atom is -0.380 e. The summed E-state index contributed by atoms with van der Waals surface area (Å²) in [6.45, 7) is 4.74. The topological polar surface area (TPSA) is 24.5 Å². The van der Waals surface area contributed by atoms with Gasteiger partial charge in [-0.25, -0.2) is 0 Å². The molecule has 3 heteroatoms. The minimum absolute atomic E-state index is 0.450. The lowest BCUT2D eigenvalue weighted by Crippen LogP contribution is -2.50. The zero-order chi connectivity index (χ0) is 12.3. The molecule has 0 bridgehead atoms. The molecule has 1 N–H and O–H groups in total. The summed E-state index contributed by atoms with van der Waals surface area (Å²) in [5, 5.41) is 3.41. The van der Waals surface area contributed by atoms with Gasteiger partial charge in [0.25, 0.3) is 0 Å². The van der Waals surface area contributed by atoms with Crippen molar-refractivity contribution in [2.24, 2.45) is 5.92 Å². The van der Waals surface area contributed by atoms with Crippen molar-refractivity contribution < 1.29 is 4.74 Å². The van der Waals surface area contributed by atoms with Crippen molar-refractivity contribution in [2.45, 2.75) is 57.2 Å². The van der Waals surface area contributed by atoms with Gasteiger partial charge in [-0.2, -0.15) is 0 Å². The summed E-state index contributed by atoms with van der Waals surface area (Å²) in [7, 11) is 3.96. The summed E-state index contributed by atoms with van der Waals surface area (Å²) in [6, 6.07) is 1.57. The minimum atomic E-state index is 0.450. The zero-order valence-electron chi connectivity index (χ0n) is 11.6. The number of hydrogen-bond acceptors (Lipinski definition) is 3. The van der Waals surface area contributed by atoms with E-state index in [1.165, 1.54) is 38.6 Å². The van der Waals surface area contributed by atoms with Crippen LogP contribution in [0.15, 0.2) is 0 Å². The second-order valence-corrected chi connectivity index (χ2v) is 5.83. The monoisotopic (exact) mass is 240 g/mol. The molecule has 2 fully saturated rings. The molecule has 2 atom stereocenters. The molecule has 1 aliphatic carbocycles. The van der Waals surface area contributed by atoms with Crippen LogP contribution in [0.3, 0.4) is 0 Å². The Hall–Kier alpha value is -0.120. The maximum Gasteiger partial charge on any atom is 0.0724 e. The second-order valence-electron chi connectivity index (χ2n) is 5.83. The molecule has 2 rings (SSSR count). The number of likely N-dealkylation sites (tertiary alicyclic amines) is 1. The molecule has 0 spiro atoms. The SMILES string of the molecule is CNC1CCC(N2CCC(C)C(OC)C2)CC1. The second kappa shape index (κ2) is 6.17. The van der Waals surface area contributed by atoms with Crippen LogP contribution in [-0.2, 0) is 4.74 Å². The van der Waals surface area contributed by atoms with Crippen LogP contribution in [0.25, 0.3) is 0 Å². The average molecular weight is 240 g/mol. The lowest BCUT2D eigenvalue weighted by molar-refractivity contribution is -0.0251. The molecule has 2 aliphatic rings. The molecule has 1 saturated carbocycles. The van der Waals surface area contributed by atoms with Gasteiger partial charge in [-0.1, -0.05) is 6.92 Å². The lowest BCUT2D eigenvalue weighted by atomic mass is 9.87. The van der Waals surface area contributed by atoms with Gasteiger partial charge in [0, 0.05) is 25.7 Å². The van der Waals surface area contributed by atoms with E-state index >= 15 is 0 Å². The fourth-order valence-corrected chi connectivity index (χ4v) is 3.43. The van der Waals surface area contributed by atoms with Crippen molar-refractivity contribution in [1.29, 1.82) is 0 Å². The van der Waals surface area contributed by atoms with Crippen molar-refractivity contribution in [3.8, 4) is 0 Å². The van der Waals surface area contributed by atoms with E-state index in [0.717, 1.165) is 24.5 Å². The largest absolute Gasteiger partial charge is 0.380 e. The molecular formula is C14H28N2O. The van der Waals surface area contributed by atoms with Crippen LogP contribution in [0.2, 0.25) is 0 Å². The van der Waals surface area contributed by atoms with Gasteiger partial charge < -0.3 is 10.1 Å². The molecule has 1 saturated heterocycles. The molecule has 0 aromatic heterocycles. The van der Waals surface area contributed by atoms with Gasteiger partial charge in [0.2, 0.25) is 0 Å². The van der Waals surface area contributed by atoms with Gasteiger partial charge >= 0.3 is 0 Å². The Morgan fingerprint density at radius 1 is 1.12 bits per heavy atom. The maximum absolute atomic E-state index is 5.61. The van der Waals surface area contributed by atoms with Gasteiger partial charge in [0.1, 0.15) is 0 Å². The van der Waals surface area contributed by atoms with Gasteiger partial charge in [0.05, 0.1) is 6.10 Å². The van der Waals surface area contributed by atoms with Crippen molar-refractivity contribution in [3.63, 3.8) is 0 Å². The van der Waals surface area contributed by atoms with Crippen molar-refractivity contribution in [3.05, 3.63) is 0 Å². The molecule has 1 aliphatic heterocycles. The summed E-state index contributed by atoms with van der Waals surface area (Å²) < 4.78 is 5.61. The molecule has 2 unspecified atom stereocenters. The number of hydrogen-bond donors (Lipinski definition) is 1. The van der Waals surface area contributed by atoms with E-state index in [2.05, 4.69) is 24.2 Å². The van der Waals surface area contributed by atoms with Crippen LogP contribution in [-0.4, -0.2) is 50.3 Å². The summed E-state index contributed by atoms with van der Waals surface area (Å²) >= 11 is 0. The van der Waals surface area contributed by atoms with Gasteiger partial charge in [-0.05, 0) is 51.6 Å². The number of ether oxygens (including phenoxy) is 1. The molecule has 17 heavy (non-hydrogen) atoms. The Labute approximate surface area is 106 Å². The molecule has 0 aromatic rings. The Kier molecular flexibility index (Phi) is 4.83. The van der Waals surface area contributed by atoms with Crippen molar-refractivity contribution in [1.82, 2.24) is 10.2 Å². The summed E-state index contributed by atoms with van der Waals surface area (Å²) in [4.78, 5) is 2.68. The number of rotatable bonds is 3. The first-order valence-corrected chi connectivity index (χ1v) is 7.18. The quantitative estimate of drug-likeness (QED) is 0.815. The lowest BCUT2D eigenvalue weighted by Gasteiger charge is -2.43. The maximum atomic E-state index is 5.61. The van der Waals surface area contributed by atoms with Crippen LogP contribution >= 0.6 is 0 Å². The predicted molar refractivity (Wildman–Crippen MR) is 71.3 cm³/mol.